The van der Waals surface area contributed by atoms with E-state index in [0.717, 1.165) is 0 Å². The van der Waals surface area contributed by atoms with Gasteiger partial charge in [-0.05, 0) is 33.3 Å². The molecule has 1 aliphatic rings. The van der Waals surface area contributed by atoms with E-state index < -0.39 is 16.4 Å². The van der Waals surface area contributed by atoms with Crippen molar-refractivity contribution in [3.63, 3.8) is 0 Å². The van der Waals surface area contributed by atoms with E-state index in [1.54, 1.807) is 23.4 Å². The molecular formula is C13H19N3O3S. The first-order chi connectivity index (χ1) is 9.37. The Kier molecular flexibility index (Phi) is 4.37. The minimum Gasteiger partial charge on any atom is -0.444 e. The molecule has 0 spiro atoms. The van der Waals surface area contributed by atoms with Gasteiger partial charge in [-0.25, -0.2) is 14.8 Å². The summed E-state index contributed by atoms with van der Waals surface area (Å²) in [6.07, 6.45) is 3.46. The summed E-state index contributed by atoms with van der Waals surface area (Å²) in [6.45, 7) is 6.45. The zero-order valence-corrected chi connectivity index (χ0v) is 12.7. The van der Waals surface area contributed by atoms with E-state index in [2.05, 4.69) is 9.97 Å². The molecule has 2 rings (SSSR count). The number of hydrogen-bond acceptors (Lipinski definition) is 5. The monoisotopic (exact) mass is 297 g/mol. The van der Waals surface area contributed by atoms with Crippen LogP contribution in [0.1, 0.15) is 27.2 Å². The Morgan fingerprint density at radius 3 is 2.65 bits per heavy atom. The molecule has 0 aliphatic carbocycles. The van der Waals surface area contributed by atoms with Gasteiger partial charge in [-0.3, -0.25) is 4.21 Å². The number of likely N-dealkylation sites (tertiary alicyclic amines) is 1. The zero-order chi connectivity index (χ0) is 14.8. The Morgan fingerprint density at radius 1 is 1.40 bits per heavy atom. The average molecular weight is 297 g/mol. The first kappa shape index (κ1) is 14.9. The number of nitrogens with zero attached hydrogens (tertiary/aromatic N) is 3. The second-order valence-electron chi connectivity index (χ2n) is 5.67. The topological polar surface area (TPSA) is 72.4 Å². The first-order valence-electron chi connectivity index (χ1n) is 6.52. The van der Waals surface area contributed by atoms with Crippen LogP contribution in [0.2, 0.25) is 0 Å². The van der Waals surface area contributed by atoms with Crippen molar-refractivity contribution in [1.29, 1.82) is 0 Å². The number of carbonyl (C=O) groups excluding carboxylic acids is 1. The third-order valence-corrected chi connectivity index (χ3v) is 4.38. The lowest BCUT2D eigenvalue weighted by molar-refractivity contribution is 0.0295. The maximum atomic E-state index is 12.3. The highest BCUT2D eigenvalue weighted by Crippen LogP contribution is 2.20. The molecule has 0 N–H and O–H groups in total. The molecule has 1 amide bonds. The molecule has 1 saturated heterocycles. The van der Waals surface area contributed by atoms with Crippen LogP contribution >= 0.6 is 0 Å². The molecular weight excluding hydrogens is 278 g/mol. The molecule has 1 unspecified atom stereocenters. The van der Waals surface area contributed by atoms with Gasteiger partial charge in [-0.2, -0.15) is 0 Å². The van der Waals surface area contributed by atoms with Gasteiger partial charge in [-0.1, -0.05) is 0 Å². The van der Waals surface area contributed by atoms with Gasteiger partial charge < -0.3 is 9.64 Å². The molecule has 1 aliphatic heterocycles. The van der Waals surface area contributed by atoms with Crippen molar-refractivity contribution in [2.24, 2.45) is 0 Å². The highest BCUT2D eigenvalue weighted by Gasteiger charge is 2.34. The first-order valence-corrected chi connectivity index (χ1v) is 7.73. The molecule has 6 nitrogen and oxygen atoms in total. The van der Waals surface area contributed by atoms with E-state index in [1.165, 1.54) is 0 Å². The highest BCUT2D eigenvalue weighted by molar-refractivity contribution is 7.85. The molecule has 110 valence electrons. The molecule has 0 bridgehead atoms. The van der Waals surface area contributed by atoms with Gasteiger partial charge in [-0.15, -0.1) is 0 Å². The smallest absolute Gasteiger partial charge is 0.410 e. The maximum absolute atomic E-state index is 12.3. The van der Waals surface area contributed by atoms with Gasteiger partial charge >= 0.3 is 6.09 Å². The van der Waals surface area contributed by atoms with Crippen LogP contribution in [0.3, 0.4) is 0 Å². The second kappa shape index (κ2) is 5.87. The van der Waals surface area contributed by atoms with Crippen LogP contribution in [0.25, 0.3) is 0 Å². The van der Waals surface area contributed by atoms with Crippen molar-refractivity contribution >= 4 is 16.9 Å². The molecule has 2 atom stereocenters. The van der Waals surface area contributed by atoms with Gasteiger partial charge in [0.2, 0.25) is 5.16 Å². The van der Waals surface area contributed by atoms with E-state index in [0.29, 0.717) is 24.7 Å². The minimum atomic E-state index is -1.29. The predicted molar refractivity (Wildman–Crippen MR) is 74.7 cm³/mol. The SMILES string of the molecule is CC(C)(C)OC(=O)N1CC[C@@H](S(=O)c2ncccn2)C1. The van der Waals surface area contributed by atoms with Gasteiger partial charge in [0.25, 0.3) is 0 Å². The summed E-state index contributed by atoms with van der Waals surface area (Å²) in [6, 6.07) is 1.68. The molecule has 0 saturated carbocycles. The van der Waals surface area contributed by atoms with Crippen molar-refractivity contribution < 1.29 is 13.7 Å². The van der Waals surface area contributed by atoms with Crippen molar-refractivity contribution in [1.82, 2.24) is 14.9 Å². The van der Waals surface area contributed by atoms with E-state index in [4.69, 9.17) is 4.74 Å². The Bertz CT molecular complexity index is 501. The van der Waals surface area contributed by atoms with E-state index in [-0.39, 0.29) is 11.3 Å². The Labute approximate surface area is 121 Å². The number of rotatable bonds is 2. The quantitative estimate of drug-likeness (QED) is 0.775. The summed E-state index contributed by atoms with van der Waals surface area (Å²) in [5, 5.41) is 0.188. The summed E-state index contributed by atoms with van der Waals surface area (Å²) < 4.78 is 17.6. The lowest BCUT2D eigenvalue weighted by atomic mass is 10.2. The van der Waals surface area contributed by atoms with Crippen LogP contribution in [0.15, 0.2) is 23.6 Å². The van der Waals surface area contributed by atoms with E-state index in [9.17, 15) is 9.00 Å². The molecule has 1 fully saturated rings. The average Bonchev–Trinajstić information content (AvgIpc) is 2.86. The Hall–Kier alpha value is -1.50. The van der Waals surface area contributed by atoms with E-state index in [1.807, 2.05) is 20.8 Å². The molecule has 1 aromatic heterocycles. The maximum Gasteiger partial charge on any atom is 0.410 e. The summed E-state index contributed by atoms with van der Waals surface area (Å²) in [5.74, 6) is 0. The number of ether oxygens (including phenoxy) is 1. The molecule has 20 heavy (non-hydrogen) atoms. The van der Waals surface area contributed by atoms with E-state index >= 15 is 0 Å². The summed E-state index contributed by atoms with van der Waals surface area (Å²) in [7, 11) is -1.29. The van der Waals surface area contributed by atoms with Crippen LogP contribution in [-0.2, 0) is 15.5 Å². The number of hydrogen-bond donors (Lipinski definition) is 0. The third-order valence-electron chi connectivity index (χ3n) is 2.82. The molecule has 2 heterocycles. The minimum absolute atomic E-state index is 0.134. The van der Waals surface area contributed by atoms with Crippen molar-refractivity contribution in [3.05, 3.63) is 18.5 Å². The lowest BCUT2D eigenvalue weighted by Gasteiger charge is -2.24. The van der Waals surface area contributed by atoms with Gasteiger partial charge in [0.15, 0.2) is 0 Å². The van der Waals surface area contributed by atoms with Crippen molar-refractivity contribution in [2.45, 2.75) is 43.2 Å². The fraction of sp³-hybridized carbons (Fsp3) is 0.615. The van der Waals surface area contributed by atoms with Crippen LogP contribution in [0.4, 0.5) is 4.79 Å². The zero-order valence-electron chi connectivity index (χ0n) is 11.9. The Balaban J connectivity index is 1.96. The summed E-state index contributed by atoms with van der Waals surface area (Å²) >= 11 is 0. The van der Waals surface area contributed by atoms with Gasteiger partial charge in [0.1, 0.15) is 5.60 Å². The van der Waals surface area contributed by atoms with Gasteiger partial charge in [0.05, 0.1) is 16.0 Å². The fourth-order valence-corrected chi connectivity index (χ4v) is 3.20. The highest BCUT2D eigenvalue weighted by atomic mass is 32.2. The summed E-state index contributed by atoms with van der Waals surface area (Å²) in [4.78, 5) is 21.5. The number of amides is 1. The summed E-state index contributed by atoms with van der Waals surface area (Å²) in [5.41, 5.74) is -0.517. The molecule has 0 radical (unpaired) electrons. The van der Waals surface area contributed by atoms with Gasteiger partial charge in [0, 0.05) is 25.5 Å². The lowest BCUT2D eigenvalue weighted by Crippen LogP contribution is -2.36. The largest absolute Gasteiger partial charge is 0.444 e. The van der Waals surface area contributed by atoms with Crippen molar-refractivity contribution in [2.75, 3.05) is 13.1 Å². The van der Waals surface area contributed by atoms with Crippen LogP contribution in [0, 0.1) is 0 Å². The standard InChI is InChI=1S/C13H19N3O3S/c1-13(2,3)19-12(17)16-8-5-10(9-16)20(18)11-14-6-4-7-15-11/h4,6-7,10H,5,8-9H2,1-3H3/t10-,20?/m1/s1. The molecule has 7 heteroatoms. The van der Waals surface area contributed by atoms with Crippen LogP contribution in [0.5, 0.6) is 0 Å². The second-order valence-corrected chi connectivity index (χ2v) is 7.29. The normalized spacial score (nSPS) is 20.8. The number of carbonyl (C=O) groups is 1. The molecule has 0 aromatic carbocycles. The van der Waals surface area contributed by atoms with Crippen LogP contribution in [-0.4, -0.2) is 49.1 Å². The van der Waals surface area contributed by atoms with Crippen molar-refractivity contribution in [3.8, 4) is 0 Å². The predicted octanol–water partition coefficient (Wildman–Crippen LogP) is 1.59. The number of aromatic nitrogens is 2. The third kappa shape index (κ3) is 3.75. The fourth-order valence-electron chi connectivity index (χ4n) is 1.93. The molecule has 1 aromatic rings. The van der Waals surface area contributed by atoms with Crippen LogP contribution < -0.4 is 0 Å². The Morgan fingerprint density at radius 2 is 2.05 bits per heavy atom.